The van der Waals surface area contributed by atoms with E-state index in [0.717, 1.165) is 34.8 Å². The molecule has 0 spiro atoms. The third kappa shape index (κ3) is 5.99. The van der Waals surface area contributed by atoms with Crippen molar-refractivity contribution in [3.63, 3.8) is 0 Å². The summed E-state index contributed by atoms with van der Waals surface area (Å²) in [5, 5.41) is 5.28. The lowest BCUT2D eigenvalue weighted by Crippen LogP contribution is -2.60. The number of fused-ring (bicyclic) bond motifs is 15. The first-order chi connectivity index (χ1) is 31.6. The minimum absolute atomic E-state index is 0.277. The van der Waals surface area contributed by atoms with Crippen LogP contribution in [-0.2, 0) is 12.0 Å². The van der Waals surface area contributed by atoms with E-state index in [1.165, 1.54) is 88.8 Å². The van der Waals surface area contributed by atoms with E-state index in [1.54, 1.807) is 0 Å². The molecule has 1 fully saturated rings. The molecule has 0 saturated heterocycles. The Labute approximate surface area is 391 Å². The highest BCUT2D eigenvalue weighted by molar-refractivity contribution is 6.89. The van der Waals surface area contributed by atoms with Crippen LogP contribution in [0, 0.1) is 0 Å². The van der Waals surface area contributed by atoms with Gasteiger partial charge in [-0.1, -0.05) is 169 Å². The molecule has 1 saturated carbocycles. The van der Waals surface area contributed by atoms with E-state index in [-0.39, 0.29) is 5.54 Å². The quantitative estimate of drug-likeness (QED) is 0.116. The molecule has 9 aromatic rings. The van der Waals surface area contributed by atoms with Crippen molar-refractivity contribution in [2.24, 2.45) is 0 Å². The van der Waals surface area contributed by atoms with Crippen molar-refractivity contribution in [1.82, 2.24) is 4.57 Å². The van der Waals surface area contributed by atoms with Gasteiger partial charge in [0.2, 0.25) is 11.2 Å². The molecule has 6 heteroatoms. The molecule has 0 bridgehead atoms. The maximum absolute atomic E-state index is 7.37. The van der Waals surface area contributed by atoms with E-state index < -0.39 is 16.1 Å². The molecule has 3 aliphatic rings. The summed E-state index contributed by atoms with van der Waals surface area (Å²) in [5.41, 5.74) is 18.4. The summed E-state index contributed by atoms with van der Waals surface area (Å²) in [5.74, 6) is 2.14. The fourth-order valence-electron chi connectivity index (χ4n) is 11.8. The molecule has 0 N–H and O–H groups in total. The number of imidazole rings is 1. The second-order valence-corrected chi connectivity index (χ2v) is 32.3. The molecular formula is C60H61N3OSi2+2. The average molecular weight is 896 g/mol. The second-order valence-electron chi connectivity index (χ2n) is 22.2. The fraction of sp³-hybridized carbons (Fsp3) is 0.267. The van der Waals surface area contributed by atoms with Gasteiger partial charge >= 0.3 is 5.82 Å². The van der Waals surface area contributed by atoms with E-state index in [9.17, 15) is 0 Å². The summed E-state index contributed by atoms with van der Waals surface area (Å²) in [6.45, 7) is 24.1. The zero-order valence-corrected chi connectivity index (χ0v) is 42.3. The Hall–Kier alpha value is -6.09. The number of hydrogen-bond donors (Lipinski definition) is 0. The van der Waals surface area contributed by atoms with Gasteiger partial charge in [-0.05, 0) is 76.9 Å². The number of nitrogens with zero attached hydrogens (tertiary/aromatic N) is 3. The summed E-state index contributed by atoms with van der Waals surface area (Å²) in [4.78, 5) is 0. The molecule has 6 aromatic carbocycles. The Morgan fingerprint density at radius 1 is 0.667 bits per heavy atom. The molecule has 2 unspecified atom stereocenters. The smallest absolute Gasteiger partial charge is 0.304 e. The molecule has 3 aromatic heterocycles. The first-order valence-electron chi connectivity index (χ1n) is 24.3. The number of para-hydroxylation sites is 3. The summed E-state index contributed by atoms with van der Waals surface area (Å²) in [7, 11) is -3.09. The van der Waals surface area contributed by atoms with Gasteiger partial charge in [0.05, 0.1) is 22.1 Å². The monoisotopic (exact) mass is 895 g/mol. The van der Waals surface area contributed by atoms with E-state index in [4.69, 9.17) is 4.42 Å². The highest BCUT2D eigenvalue weighted by atomic mass is 28.3. The fourth-order valence-corrected chi connectivity index (χ4v) is 14.0. The predicted octanol–water partition coefficient (Wildman–Crippen LogP) is 13.7. The first kappa shape index (κ1) is 41.4. The van der Waals surface area contributed by atoms with Crippen LogP contribution in [0.2, 0.25) is 39.3 Å². The Balaban J connectivity index is 1.18. The van der Waals surface area contributed by atoms with Crippen LogP contribution in [0.5, 0.6) is 0 Å². The largest absolute Gasteiger partial charge is 0.455 e. The molecular weight excluding hydrogens is 835 g/mol. The van der Waals surface area contributed by atoms with Gasteiger partial charge in [-0.25, -0.2) is 0 Å². The van der Waals surface area contributed by atoms with Crippen molar-refractivity contribution in [3.05, 3.63) is 168 Å². The maximum Gasteiger partial charge on any atom is 0.304 e. The van der Waals surface area contributed by atoms with Crippen LogP contribution in [0.4, 0.5) is 0 Å². The highest BCUT2D eigenvalue weighted by Crippen LogP contribution is 2.63. The van der Waals surface area contributed by atoms with Gasteiger partial charge in [0.25, 0.3) is 0 Å². The zero-order valence-electron chi connectivity index (χ0n) is 40.3. The molecule has 12 rings (SSSR count). The lowest BCUT2D eigenvalue weighted by molar-refractivity contribution is -0.736. The molecule has 66 heavy (non-hydrogen) atoms. The summed E-state index contributed by atoms with van der Waals surface area (Å²) in [6, 6.07) is 51.1. The minimum atomic E-state index is -1.67. The number of furan rings is 1. The number of benzene rings is 6. The average Bonchev–Trinajstić information content (AvgIpc) is 3.89. The lowest BCUT2D eigenvalue weighted by atomic mass is 9.90. The molecule has 2 aliphatic heterocycles. The Morgan fingerprint density at radius 2 is 1.33 bits per heavy atom. The molecule has 1 aliphatic carbocycles. The molecule has 0 amide bonds. The summed E-state index contributed by atoms with van der Waals surface area (Å²) in [6.07, 6.45) is 7.01. The summed E-state index contributed by atoms with van der Waals surface area (Å²) < 4.78 is 15.5. The number of pyridine rings is 1. The van der Waals surface area contributed by atoms with Gasteiger partial charge in [-0.3, -0.25) is 0 Å². The molecule has 5 heterocycles. The number of rotatable bonds is 7. The lowest BCUT2D eigenvalue weighted by Gasteiger charge is -2.25. The van der Waals surface area contributed by atoms with Crippen LogP contribution in [0.25, 0.3) is 78.1 Å². The highest BCUT2D eigenvalue weighted by Gasteiger charge is 2.73. The number of allylic oxidation sites excluding steroid dienone is 2. The van der Waals surface area contributed by atoms with E-state index >= 15 is 0 Å². The normalized spacial score (nSPS) is 17.7. The predicted molar refractivity (Wildman–Crippen MR) is 281 cm³/mol. The van der Waals surface area contributed by atoms with Crippen molar-refractivity contribution in [2.75, 3.05) is 0 Å². The van der Waals surface area contributed by atoms with E-state index in [2.05, 4.69) is 226 Å². The Bertz CT molecular complexity index is 3490. The van der Waals surface area contributed by atoms with Crippen molar-refractivity contribution in [2.45, 2.75) is 103 Å². The summed E-state index contributed by atoms with van der Waals surface area (Å²) >= 11 is 0. The van der Waals surface area contributed by atoms with E-state index in [0.29, 0.717) is 17.8 Å². The second kappa shape index (κ2) is 14.5. The van der Waals surface area contributed by atoms with Crippen molar-refractivity contribution < 1.29 is 13.6 Å². The van der Waals surface area contributed by atoms with Crippen LogP contribution in [-0.4, -0.2) is 20.7 Å². The minimum Gasteiger partial charge on any atom is -0.455 e. The molecule has 4 nitrogen and oxygen atoms in total. The van der Waals surface area contributed by atoms with Crippen molar-refractivity contribution >= 4 is 65.2 Å². The van der Waals surface area contributed by atoms with Gasteiger partial charge in [0.1, 0.15) is 16.8 Å². The number of hydrogen-bond acceptors (Lipinski definition) is 1. The SMILES string of the molecule is CC(C)c1cccc(C(C)C)c1-n1c2[n+](c3ccccc31)C(C13CC1c1ccccc1-c1ccc([Si](C)(C)C)c[n+]13)=CCc1ccc3c(oc4cc(-c5ccc([Si](C)(C)C)cc5)ccc43)c1-2. The van der Waals surface area contributed by atoms with Crippen molar-refractivity contribution in [1.29, 1.82) is 0 Å². The van der Waals surface area contributed by atoms with Gasteiger partial charge < -0.3 is 4.42 Å². The topological polar surface area (TPSA) is 25.8 Å². The van der Waals surface area contributed by atoms with Crippen LogP contribution in [0.15, 0.2) is 150 Å². The van der Waals surface area contributed by atoms with Gasteiger partial charge in [-0.15, -0.1) is 0 Å². The zero-order chi connectivity index (χ0) is 45.6. The maximum atomic E-state index is 7.37. The third-order valence-corrected chi connectivity index (χ3v) is 19.5. The molecule has 0 radical (unpaired) electrons. The third-order valence-electron chi connectivity index (χ3n) is 15.4. The van der Waals surface area contributed by atoms with Crippen molar-refractivity contribution in [3.8, 4) is 39.5 Å². The van der Waals surface area contributed by atoms with Crippen LogP contribution >= 0.6 is 0 Å². The molecule has 2 atom stereocenters. The van der Waals surface area contributed by atoms with Crippen LogP contribution in [0.1, 0.15) is 74.1 Å². The van der Waals surface area contributed by atoms with Crippen LogP contribution in [0.3, 0.4) is 0 Å². The molecule has 328 valence electrons. The Morgan fingerprint density at radius 3 is 2.06 bits per heavy atom. The number of aromatic nitrogens is 3. The van der Waals surface area contributed by atoms with Gasteiger partial charge in [0, 0.05) is 45.1 Å². The first-order valence-corrected chi connectivity index (χ1v) is 31.3. The van der Waals surface area contributed by atoms with E-state index in [1.807, 2.05) is 0 Å². The van der Waals surface area contributed by atoms with Gasteiger partial charge in [0.15, 0.2) is 28.5 Å². The van der Waals surface area contributed by atoms with Crippen LogP contribution < -0.4 is 19.5 Å². The Kier molecular flexibility index (Phi) is 9.06. The van der Waals surface area contributed by atoms with Gasteiger partial charge in [-0.2, -0.15) is 13.7 Å². The standard InChI is InChI=1S/C60H61N3OSi2/c1-37(2)44-18-15-19-45(38(3)4)57(44)63-53-21-14-13-20-52(53)62-55(60-35-50(60)46-16-11-12-17-47(46)51-32-29-43(36-61(51)60)66(8,9)10)33-26-40-24-31-49-48-30-25-41(34-54(48)64-58(49)56(40)59(62)63)39-22-27-42(28-23-39)65(5,6)7/h11-25,27-34,36-38,50H,26,35H2,1-10H3/q+2.